The van der Waals surface area contributed by atoms with E-state index in [0.717, 1.165) is 61.2 Å². The SMILES string of the molecule is CCN1CCC(N(CCc2ccccn2)C(=O)Cc2[nH]nc3ccccc23)CC1. The van der Waals surface area contributed by atoms with Crippen molar-refractivity contribution in [3.8, 4) is 0 Å². The molecule has 2 aromatic heterocycles. The first-order valence-electron chi connectivity index (χ1n) is 10.6. The van der Waals surface area contributed by atoms with Gasteiger partial charge in [0, 0.05) is 49.4 Å². The molecule has 0 atom stereocenters. The average Bonchev–Trinajstić information content (AvgIpc) is 3.18. The van der Waals surface area contributed by atoms with E-state index in [0.29, 0.717) is 19.0 Å². The number of hydrogen-bond acceptors (Lipinski definition) is 4. The highest BCUT2D eigenvalue weighted by molar-refractivity contribution is 5.87. The molecule has 152 valence electrons. The van der Waals surface area contributed by atoms with E-state index in [2.05, 4.69) is 31.9 Å². The van der Waals surface area contributed by atoms with E-state index in [1.165, 1.54) is 0 Å². The fourth-order valence-corrected chi connectivity index (χ4v) is 4.24. The second kappa shape index (κ2) is 9.18. The van der Waals surface area contributed by atoms with Crippen molar-refractivity contribution in [3.63, 3.8) is 0 Å². The van der Waals surface area contributed by atoms with Crippen LogP contribution in [0.1, 0.15) is 31.2 Å². The van der Waals surface area contributed by atoms with E-state index in [-0.39, 0.29) is 5.91 Å². The summed E-state index contributed by atoms with van der Waals surface area (Å²) in [6.45, 7) is 6.10. The lowest BCUT2D eigenvalue weighted by Gasteiger charge is -2.38. The smallest absolute Gasteiger partial charge is 0.228 e. The van der Waals surface area contributed by atoms with Crippen LogP contribution >= 0.6 is 0 Å². The third-order valence-electron chi connectivity index (χ3n) is 5.97. The number of carbonyl (C=O) groups is 1. The molecule has 0 aliphatic carbocycles. The van der Waals surface area contributed by atoms with Gasteiger partial charge in [0.15, 0.2) is 0 Å². The van der Waals surface area contributed by atoms with Gasteiger partial charge in [-0.2, -0.15) is 5.10 Å². The number of aromatic nitrogens is 3. The number of piperidine rings is 1. The molecule has 0 unspecified atom stereocenters. The second-order valence-electron chi connectivity index (χ2n) is 7.72. The number of rotatable bonds is 7. The Labute approximate surface area is 171 Å². The van der Waals surface area contributed by atoms with Crippen LogP contribution < -0.4 is 0 Å². The zero-order chi connectivity index (χ0) is 20.1. The largest absolute Gasteiger partial charge is 0.339 e. The normalized spacial score (nSPS) is 15.6. The molecule has 1 fully saturated rings. The van der Waals surface area contributed by atoms with Crippen LogP contribution in [0.3, 0.4) is 0 Å². The number of H-pyrrole nitrogens is 1. The van der Waals surface area contributed by atoms with E-state index in [4.69, 9.17) is 0 Å². The van der Waals surface area contributed by atoms with Crippen molar-refractivity contribution in [1.82, 2.24) is 25.0 Å². The molecule has 6 heteroatoms. The lowest BCUT2D eigenvalue weighted by molar-refractivity contribution is -0.133. The lowest BCUT2D eigenvalue weighted by Crippen LogP contribution is -2.48. The molecular weight excluding hydrogens is 362 g/mol. The minimum Gasteiger partial charge on any atom is -0.339 e. The van der Waals surface area contributed by atoms with Crippen LogP contribution in [0.4, 0.5) is 0 Å². The van der Waals surface area contributed by atoms with Crippen molar-refractivity contribution in [1.29, 1.82) is 0 Å². The molecule has 1 aliphatic rings. The number of pyridine rings is 1. The summed E-state index contributed by atoms with van der Waals surface area (Å²) in [5.41, 5.74) is 2.84. The van der Waals surface area contributed by atoms with Gasteiger partial charge in [0.2, 0.25) is 5.91 Å². The highest BCUT2D eigenvalue weighted by atomic mass is 16.2. The maximum atomic E-state index is 13.4. The summed E-state index contributed by atoms with van der Waals surface area (Å²) in [5, 5.41) is 8.45. The number of hydrogen-bond donors (Lipinski definition) is 1. The Morgan fingerprint density at radius 3 is 2.72 bits per heavy atom. The van der Waals surface area contributed by atoms with Gasteiger partial charge in [-0.1, -0.05) is 31.2 Å². The molecule has 0 radical (unpaired) electrons. The number of fused-ring (bicyclic) bond motifs is 1. The zero-order valence-electron chi connectivity index (χ0n) is 17.1. The second-order valence-corrected chi connectivity index (χ2v) is 7.72. The molecule has 1 aliphatic heterocycles. The third kappa shape index (κ3) is 4.65. The Hall–Kier alpha value is -2.73. The topological polar surface area (TPSA) is 65.1 Å². The molecule has 0 spiro atoms. The van der Waals surface area contributed by atoms with Gasteiger partial charge in [0.1, 0.15) is 0 Å². The molecule has 1 amide bonds. The Morgan fingerprint density at radius 1 is 1.17 bits per heavy atom. The van der Waals surface area contributed by atoms with Crippen molar-refractivity contribution < 1.29 is 4.79 Å². The summed E-state index contributed by atoms with van der Waals surface area (Å²) in [7, 11) is 0. The molecule has 0 bridgehead atoms. The Kier molecular flexibility index (Phi) is 6.20. The highest BCUT2D eigenvalue weighted by Gasteiger charge is 2.28. The number of amides is 1. The summed E-state index contributed by atoms with van der Waals surface area (Å²) in [4.78, 5) is 22.4. The molecule has 3 heterocycles. The van der Waals surface area contributed by atoms with Gasteiger partial charge < -0.3 is 9.80 Å². The fraction of sp³-hybridized carbons (Fsp3) is 0.435. The van der Waals surface area contributed by atoms with E-state index in [1.54, 1.807) is 0 Å². The fourth-order valence-electron chi connectivity index (χ4n) is 4.24. The van der Waals surface area contributed by atoms with Gasteiger partial charge in [-0.15, -0.1) is 0 Å². The lowest BCUT2D eigenvalue weighted by atomic mass is 10.0. The van der Waals surface area contributed by atoms with Crippen LogP contribution in [0.2, 0.25) is 0 Å². The summed E-state index contributed by atoms with van der Waals surface area (Å²) < 4.78 is 0. The van der Waals surface area contributed by atoms with Crippen LogP contribution in [0.5, 0.6) is 0 Å². The number of benzene rings is 1. The van der Waals surface area contributed by atoms with Crippen molar-refractivity contribution in [2.24, 2.45) is 0 Å². The van der Waals surface area contributed by atoms with Gasteiger partial charge in [0.25, 0.3) is 0 Å². The van der Waals surface area contributed by atoms with Gasteiger partial charge in [-0.05, 0) is 37.6 Å². The van der Waals surface area contributed by atoms with Gasteiger partial charge in [-0.3, -0.25) is 14.9 Å². The predicted octanol–water partition coefficient (Wildman–Crippen LogP) is 3.06. The molecule has 0 saturated carbocycles. The minimum absolute atomic E-state index is 0.172. The van der Waals surface area contributed by atoms with Crippen molar-refractivity contribution >= 4 is 16.8 Å². The number of carbonyl (C=O) groups excluding carboxylic acids is 1. The van der Waals surface area contributed by atoms with Crippen LogP contribution in [0.25, 0.3) is 10.9 Å². The predicted molar refractivity (Wildman–Crippen MR) is 115 cm³/mol. The van der Waals surface area contributed by atoms with Gasteiger partial charge in [0.05, 0.1) is 17.6 Å². The Balaban J connectivity index is 1.49. The van der Waals surface area contributed by atoms with Crippen LogP contribution in [-0.4, -0.2) is 63.1 Å². The first-order valence-corrected chi connectivity index (χ1v) is 10.6. The van der Waals surface area contributed by atoms with E-state index in [9.17, 15) is 4.79 Å². The first kappa shape index (κ1) is 19.6. The van der Waals surface area contributed by atoms with Crippen molar-refractivity contribution in [3.05, 3.63) is 60.0 Å². The molecule has 29 heavy (non-hydrogen) atoms. The third-order valence-corrected chi connectivity index (χ3v) is 5.97. The number of para-hydroxylation sites is 1. The summed E-state index contributed by atoms with van der Waals surface area (Å²) in [6, 6.07) is 14.2. The van der Waals surface area contributed by atoms with Crippen molar-refractivity contribution in [2.45, 2.75) is 38.6 Å². The van der Waals surface area contributed by atoms with Crippen molar-refractivity contribution in [2.75, 3.05) is 26.2 Å². The first-order chi connectivity index (χ1) is 14.2. The number of likely N-dealkylation sites (tertiary alicyclic amines) is 1. The van der Waals surface area contributed by atoms with E-state index < -0.39 is 0 Å². The molecule has 1 saturated heterocycles. The van der Waals surface area contributed by atoms with E-state index >= 15 is 0 Å². The Bertz CT molecular complexity index is 931. The summed E-state index contributed by atoms with van der Waals surface area (Å²) >= 11 is 0. The number of aromatic amines is 1. The molecule has 4 rings (SSSR count). The quantitative estimate of drug-likeness (QED) is 0.672. The maximum absolute atomic E-state index is 13.4. The van der Waals surface area contributed by atoms with Gasteiger partial charge in [-0.25, -0.2) is 0 Å². The Morgan fingerprint density at radius 2 is 1.97 bits per heavy atom. The van der Waals surface area contributed by atoms with Crippen LogP contribution in [0, 0.1) is 0 Å². The zero-order valence-corrected chi connectivity index (χ0v) is 17.1. The van der Waals surface area contributed by atoms with Crippen LogP contribution in [-0.2, 0) is 17.6 Å². The molecule has 1 aromatic carbocycles. The highest BCUT2D eigenvalue weighted by Crippen LogP contribution is 2.21. The standard InChI is InChI=1S/C23H29N5O/c1-2-27-14-11-19(12-15-27)28(16-10-18-7-5-6-13-24-18)23(29)17-22-20-8-3-4-9-21(20)25-26-22/h3-9,13,19H,2,10-12,14-17H2,1H3,(H,25,26). The summed E-state index contributed by atoms with van der Waals surface area (Å²) in [5.74, 6) is 0.172. The minimum atomic E-state index is 0.172. The molecule has 3 aromatic rings. The molecular formula is C23H29N5O. The monoisotopic (exact) mass is 391 g/mol. The molecule has 6 nitrogen and oxygen atoms in total. The number of nitrogens with one attached hydrogen (secondary N) is 1. The number of nitrogens with zero attached hydrogens (tertiary/aromatic N) is 4. The van der Waals surface area contributed by atoms with Gasteiger partial charge >= 0.3 is 0 Å². The molecule has 1 N–H and O–H groups in total. The maximum Gasteiger partial charge on any atom is 0.228 e. The summed E-state index contributed by atoms with van der Waals surface area (Å²) in [6.07, 6.45) is 5.02. The average molecular weight is 392 g/mol. The van der Waals surface area contributed by atoms with E-state index in [1.807, 2.05) is 48.7 Å². The van der Waals surface area contributed by atoms with Crippen LogP contribution in [0.15, 0.2) is 48.7 Å².